The van der Waals surface area contributed by atoms with Gasteiger partial charge in [0.2, 0.25) is 0 Å². The highest BCUT2D eigenvalue weighted by Gasteiger charge is 2.04. The van der Waals surface area contributed by atoms with Crippen molar-refractivity contribution >= 4 is 11.6 Å². The fourth-order valence-electron chi connectivity index (χ4n) is 0.823. The minimum absolute atomic E-state index is 0.0549. The molecule has 0 heterocycles. The van der Waals surface area contributed by atoms with Crippen molar-refractivity contribution in [3.63, 3.8) is 0 Å². The van der Waals surface area contributed by atoms with Crippen molar-refractivity contribution in [2.75, 3.05) is 19.1 Å². The van der Waals surface area contributed by atoms with Crippen molar-refractivity contribution in [2.24, 2.45) is 11.8 Å². The van der Waals surface area contributed by atoms with E-state index in [1.54, 1.807) is 0 Å². The molecule has 0 aliphatic heterocycles. The van der Waals surface area contributed by atoms with Crippen molar-refractivity contribution in [3.8, 4) is 6.07 Å². The first-order valence-electron chi connectivity index (χ1n) is 4.74. The van der Waals surface area contributed by atoms with Gasteiger partial charge in [-0.25, -0.2) is 0 Å². The molecule has 0 amide bonds. The minimum Gasteiger partial charge on any atom is -0.381 e. The average Bonchev–Trinajstić information content (AvgIpc) is 2.11. The summed E-state index contributed by atoms with van der Waals surface area (Å²) in [5.41, 5.74) is 0. The first-order valence-corrected chi connectivity index (χ1v) is 5.27. The molecular formula is C10H18ClNO. The maximum absolute atomic E-state index is 8.58. The van der Waals surface area contributed by atoms with Crippen LogP contribution in [0.4, 0.5) is 0 Å². The van der Waals surface area contributed by atoms with E-state index in [4.69, 9.17) is 21.6 Å². The molecule has 0 spiro atoms. The summed E-state index contributed by atoms with van der Waals surface area (Å²) in [6, 6.07) is 2.14. The predicted molar refractivity (Wildman–Crippen MR) is 54.7 cm³/mol. The molecule has 0 aromatic carbocycles. The summed E-state index contributed by atoms with van der Waals surface area (Å²) >= 11 is 5.55. The second kappa shape index (κ2) is 8.34. The average molecular weight is 204 g/mol. The van der Waals surface area contributed by atoms with Gasteiger partial charge in [0, 0.05) is 19.1 Å². The number of hydrogen-bond donors (Lipinski definition) is 0. The number of ether oxygens (including phenoxy) is 1. The van der Waals surface area contributed by atoms with E-state index in [0.717, 1.165) is 19.4 Å². The third-order valence-corrected chi connectivity index (χ3v) is 2.19. The quantitative estimate of drug-likeness (QED) is 0.471. The van der Waals surface area contributed by atoms with Crippen LogP contribution in [0.15, 0.2) is 0 Å². The molecule has 1 atom stereocenters. The van der Waals surface area contributed by atoms with Crippen molar-refractivity contribution in [1.29, 1.82) is 5.26 Å². The molecule has 0 radical (unpaired) electrons. The summed E-state index contributed by atoms with van der Waals surface area (Å²) < 4.78 is 5.37. The molecule has 0 rings (SSSR count). The van der Waals surface area contributed by atoms with Gasteiger partial charge in [0.25, 0.3) is 0 Å². The fourth-order valence-corrected chi connectivity index (χ4v) is 1.05. The molecule has 76 valence electrons. The van der Waals surface area contributed by atoms with Gasteiger partial charge in [-0.15, -0.1) is 11.6 Å². The van der Waals surface area contributed by atoms with Crippen LogP contribution < -0.4 is 0 Å². The third kappa shape index (κ3) is 8.08. The molecule has 0 aliphatic rings. The second-order valence-corrected chi connectivity index (χ2v) is 3.87. The van der Waals surface area contributed by atoms with Gasteiger partial charge in [0.1, 0.15) is 0 Å². The molecule has 0 N–H and O–H groups in total. The Morgan fingerprint density at radius 2 is 1.92 bits per heavy atom. The zero-order chi connectivity index (χ0) is 10.1. The van der Waals surface area contributed by atoms with Gasteiger partial charge in [0.15, 0.2) is 0 Å². The van der Waals surface area contributed by atoms with Crippen LogP contribution in [0.3, 0.4) is 0 Å². The van der Waals surface area contributed by atoms with Gasteiger partial charge in [-0.3, -0.25) is 0 Å². The van der Waals surface area contributed by atoms with Crippen LogP contribution in [0, 0.1) is 23.2 Å². The summed E-state index contributed by atoms with van der Waals surface area (Å²) in [5.74, 6) is 1.03. The fraction of sp³-hybridized carbons (Fsp3) is 0.900. The van der Waals surface area contributed by atoms with E-state index in [-0.39, 0.29) is 5.92 Å². The van der Waals surface area contributed by atoms with Crippen LogP contribution in [0.2, 0.25) is 0 Å². The summed E-state index contributed by atoms with van der Waals surface area (Å²) in [7, 11) is 0. The van der Waals surface area contributed by atoms with Crippen LogP contribution in [0.25, 0.3) is 0 Å². The van der Waals surface area contributed by atoms with Crippen molar-refractivity contribution in [3.05, 3.63) is 0 Å². The molecule has 3 heteroatoms. The van der Waals surface area contributed by atoms with Gasteiger partial charge in [0.05, 0.1) is 12.0 Å². The van der Waals surface area contributed by atoms with E-state index in [0.29, 0.717) is 18.4 Å². The number of hydrogen-bond acceptors (Lipinski definition) is 2. The topological polar surface area (TPSA) is 33.0 Å². The SMILES string of the molecule is CC(C)CCOCCC(C#N)CCl. The molecule has 0 fully saturated rings. The highest BCUT2D eigenvalue weighted by molar-refractivity contribution is 6.18. The van der Waals surface area contributed by atoms with Crippen molar-refractivity contribution < 1.29 is 4.74 Å². The Kier molecular flexibility index (Phi) is 8.18. The highest BCUT2D eigenvalue weighted by Crippen LogP contribution is 2.05. The normalized spacial score (nSPS) is 12.8. The Labute approximate surface area is 85.8 Å². The van der Waals surface area contributed by atoms with E-state index in [2.05, 4.69) is 19.9 Å². The monoisotopic (exact) mass is 203 g/mol. The van der Waals surface area contributed by atoms with Gasteiger partial charge >= 0.3 is 0 Å². The maximum atomic E-state index is 8.58. The van der Waals surface area contributed by atoms with Crippen molar-refractivity contribution in [1.82, 2.24) is 0 Å². The second-order valence-electron chi connectivity index (χ2n) is 3.56. The van der Waals surface area contributed by atoms with Crippen LogP contribution in [0.1, 0.15) is 26.7 Å². The van der Waals surface area contributed by atoms with Gasteiger partial charge in [-0.05, 0) is 18.8 Å². The molecule has 0 saturated heterocycles. The first kappa shape index (κ1) is 12.7. The first-order chi connectivity index (χ1) is 6.20. The summed E-state index contributed by atoms with van der Waals surface area (Å²) in [6.07, 6.45) is 1.83. The molecule has 13 heavy (non-hydrogen) atoms. The molecule has 2 nitrogen and oxygen atoms in total. The van der Waals surface area contributed by atoms with E-state index < -0.39 is 0 Å². The Hall–Kier alpha value is -0.260. The number of alkyl halides is 1. The Balaban J connectivity index is 3.21. The summed E-state index contributed by atoms with van der Waals surface area (Å²) in [5, 5.41) is 8.58. The smallest absolute Gasteiger partial charge is 0.0669 e. The molecule has 0 aromatic rings. The molecule has 0 bridgehead atoms. The van der Waals surface area contributed by atoms with E-state index in [9.17, 15) is 0 Å². The number of nitriles is 1. The van der Waals surface area contributed by atoms with Gasteiger partial charge in [-0.1, -0.05) is 13.8 Å². The zero-order valence-electron chi connectivity index (χ0n) is 8.42. The molecule has 0 saturated carbocycles. The molecule has 1 unspecified atom stereocenters. The lowest BCUT2D eigenvalue weighted by molar-refractivity contribution is 0.116. The maximum Gasteiger partial charge on any atom is 0.0669 e. The number of halogens is 1. The standard InChI is InChI=1S/C10H18ClNO/c1-9(2)3-5-13-6-4-10(7-11)8-12/h9-10H,3-7H2,1-2H3. The van der Waals surface area contributed by atoms with E-state index in [1.807, 2.05) is 0 Å². The molecule has 0 aromatic heterocycles. The lowest BCUT2D eigenvalue weighted by Gasteiger charge is -2.07. The Bertz CT molecular complexity index is 153. The van der Waals surface area contributed by atoms with Crippen LogP contribution in [0.5, 0.6) is 0 Å². The summed E-state index contributed by atoms with van der Waals surface area (Å²) in [6.45, 7) is 5.77. The van der Waals surface area contributed by atoms with Crippen LogP contribution >= 0.6 is 11.6 Å². The van der Waals surface area contributed by atoms with Crippen LogP contribution in [-0.2, 0) is 4.74 Å². The lowest BCUT2D eigenvalue weighted by atomic mass is 10.1. The minimum atomic E-state index is -0.0549. The Morgan fingerprint density at radius 3 is 2.38 bits per heavy atom. The lowest BCUT2D eigenvalue weighted by Crippen LogP contribution is -2.06. The molecule has 0 aliphatic carbocycles. The number of nitrogens with zero attached hydrogens (tertiary/aromatic N) is 1. The van der Waals surface area contributed by atoms with Gasteiger partial charge < -0.3 is 4.74 Å². The number of rotatable bonds is 7. The largest absolute Gasteiger partial charge is 0.381 e. The summed E-state index contributed by atoms with van der Waals surface area (Å²) in [4.78, 5) is 0. The van der Waals surface area contributed by atoms with E-state index in [1.165, 1.54) is 0 Å². The highest BCUT2D eigenvalue weighted by atomic mass is 35.5. The van der Waals surface area contributed by atoms with Gasteiger partial charge in [-0.2, -0.15) is 5.26 Å². The third-order valence-electron chi connectivity index (χ3n) is 1.82. The zero-order valence-corrected chi connectivity index (χ0v) is 9.18. The van der Waals surface area contributed by atoms with E-state index >= 15 is 0 Å². The predicted octanol–water partition coefficient (Wildman–Crippen LogP) is 2.82. The molecular weight excluding hydrogens is 186 g/mol. The van der Waals surface area contributed by atoms with Crippen LogP contribution in [-0.4, -0.2) is 19.1 Å². The Morgan fingerprint density at radius 1 is 1.31 bits per heavy atom. The van der Waals surface area contributed by atoms with Crippen molar-refractivity contribution in [2.45, 2.75) is 26.7 Å².